The van der Waals surface area contributed by atoms with Gasteiger partial charge in [0.05, 0.1) is 0 Å². The number of terminal acetylenes is 1. The van der Waals surface area contributed by atoms with Crippen molar-refractivity contribution in [1.82, 2.24) is 4.67 Å². The fourth-order valence-corrected chi connectivity index (χ4v) is 3.99. The van der Waals surface area contributed by atoms with E-state index in [2.05, 4.69) is 5.92 Å². The van der Waals surface area contributed by atoms with Gasteiger partial charge in [-0.1, -0.05) is 0 Å². The Labute approximate surface area is 74.8 Å². The molecule has 1 aliphatic heterocycles. The standard InChI is InChI=1S/C9H16NOP/c1-4-9-5-7-12(11,8-6-9)10(2)3/h1,9H,5-8H2,2-3H3. The number of rotatable bonds is 1. The van der Waals surface area contributed by atoms with Crippen molar-refractivity contribution >= 4 is 7.29 Å². The fourth-order valence-electron chi connectivity index (χ4n) is 1.54. The third-order valence-electron chi connectivity index (χ3n) is 2.62. The van der Waals surface area contributed by atoms with Gasteiger partial charge in [-0.05, 0) is 26.9 Å². The van der Waals surface area contributed by atoms with Crippen LogP contribution in [0.5, 0.6) is 0 Å². The second kappa shape index (κ2) is 3.64. The van der Waals surface area contributed by atoms with Crippen LogP contribution in [0.2, 0.25) is 0 Å². The van der Waals surface area contributed by atoms with Gasteiger partial charge in [-0.15, -0.1) is 12.3 Å². The molecule has 0 spiro atoms. The summed E-state index contributed by atoms with van der Waals surface area (Å²) in [7, 11) is 1.80. The first-order valence-electron chi connectivity index (χ1n) is 4.30. The van der Waals surface area contributed by atoms with Gasteiger partial charge >= 0.3 is 0 Å². The molecule has 0 N–H and O–H groups in total. The summed E-state index contributed by atoms with van der Waals surface area (Å²) >= 11 is 0. The second-order valence-corrected chi connectivity index (χ2v) is 6.97. The molecule has 0 aromatic carbocycles. The summed E-state index contributed by atoms with van der Waals surface area (Å²) in [4.78, 5) is 0. The summed E-state index contributed by atoms with van der Waals surface area (Å²) in [6.07, 6.45) is 8.79. The van der Waals surface area contributed by atoms with E-state index in [9.17, 15) is 4.57 Å². The van der Waals surface area contributed by atoms with E-state index >= 15 is 0 Å². The SMILES string of the molecule is C#CC1CCP(=O)(N(C)C)CC1. The predicted molar refractivity (Wildman–Crippen MR) is 52.6 cm³/mol. The lowest BCUT2D eigenvalue weighted by molar-refractivity contribution is 0.481. The van der Waals surface area contributed by atoms with Gasteiger partial charge in [0, 0.05) is 18.2 Å². The Morgan fingerprint density at radius 3 is 2.25 bits per heavy atom. The normalized spacial score (nSPS) is 36.3. The molecule has 12 heavy (non-hydrogen) atoms. The van der Waals surface area contributed by atoms with Gasteiger partial charge in [-0.3, -0.25) is 4.67 Å². The van der Waals surface area contributed by atoms with Crippen molar-refractivity contribution < 1.29 is 4.57 Å². The van der Waals surface area contributed by atoms with Gasteiger partial charge in [-0.2, -0.15) is 0 Å². The summed E-state index contributed by atoms with van der Waals surface area (Å²) in [6.45, 7) is 0. The second-order valence-electron chi connectivity index (χ2n) is 3.58. The summed E-state index contributed by atoms with van der Waals surface area (Å²) in [5.41, 5.74) is 0. The molecule has 3 heteroatoms. The van der Waals surface area contributed by atoms with E-state index in [0.717, 1.165) is 25.2 Å². The molecule has 0 aromatic heterocycles. The highest BCUT2D eigenvalue weighted by Crippen LogP contribution is 2.52. The molecule has 2 nitrogen and oxygen atoms in total. The molecule has 0 aliphatic carbocycles. The lowest BCUT2D eigenvalue weighted by Gasteiger charge is -2.30. The van der Waals surface area contributed by atoms with E-state index in [0.29, 0.717) is 5.92 Å². The molecule has 1 heterocycles. The van der Waals surface area contributed by atoms with Crippen LogP contribution in [0.1, 0.15) is 12.8 Å². The zero-order chi connectivity index (χ0) is 9.19. The molecule has 0 radical (unpaired) electrons. The summed E-state index contributed by atoms with van der Waals surface area (Å²) in [5, 5.41) is 0. The first kappa shape index (κ1) is 9.84. The van der Waals surface area contributed by atoms with Crippen molar-refractivity contribution in [3.05, 3.63) is 0 Å². The topological polar surface area (TPSA) is 20.3 Å². The van der Waals surface area contributed by atoms with Gasteiger partial charge < -0.3 is 4.57 Å². The zero-order valence-corrected chi connectivity index (χ0v) is 8.68. The maximum Gasteiger partial charge on any atom is 0.149 e. The Balaban J connectivity index is 2.57. The maximum absolute atomic E-state index is 12.1. The van der Waals surface area contributed by atoms with E-state index < -0.39 is 7.29 Å². The van der Waals surface area contributed by atoms with Gasteiger partial charge in [0.25, 0.3) is 0 Å². The highest BCUT2D eigenvalue weighted by molar-refractivity contribution is 7.61. The largest absolute Gasteiger partial charge is 0.307 e. The quantitative estimate of drug-likeness (QED) is 0.459. The van der Waals surface area contributed by atoms with Gasteiger partial charge in [0.15, 0.2) is 0 Å². The highest BCUT2D eigenvalue weighted by Gasteiger charge is 2.30. The average Bonchev–Trinajstić information content (AvgIpc) is 2.06. The average molecular weight is 185 g/mol. The van der Waals surface area contributed by atoms with Crippen molar-refractivity contribution in [2.24, 2.45) is 5.92 Å². The van der Waals surface area contributed by atoms with E-state index in [1.165, 1.54) is 0 Å². The Morgan fingerprint density at radius 2 is 1.92 bits per heavy atom. The monoisotopic (exact) mass is 185 g/mol. The van der Waals surface area contributed by atoms with Crippen molar-refractivity contribution in [3.8, 4) is 12.3 Å². The Morgan fingerprint density at radius 1 is 1.42 bits per heavy atom. The molecule has 0 unspecified atom stereocenters. The molecule has 1 aliphatic rings. The Kier molecular flexibility index (Phi) is 2.99. The van der Waals surface area contributed by atoms with Gasteiger partial charge in [0.1, 0.15) is 7.29 Å². The maximum atomic E-state index is 12.1. The Bertz CT molecular complexity index is 229. The van der Waals surface area contributed by atoms with Crippen LogP contribution in [0.25, 0.3) is 0 Å². The molecular formula is C9H16NOP. The van der Waals surface area contributed by atoms with Crippen LogP contribution in [0.3, 0.4) is 0 Å². The smallest absolute Gasteiger partial charge is 0.149 e. The highest BCUT2D eigenvalue weighted by atomic mass is 31.2. The first-order valence-corrected chi connectivity index (χ1v) is 6.33. The third kappa shape index (κ3) is 1.91. The van der Waals surface area contributed by atoms with E-state index in [1.54, 1.807) is 0 Å². The van der Waals surface area contributed by atoms with Crippen molar-refractivity contribution in [3.63, 3.8) is 0 Å². The summed E-state index contributed by atoms with van der Waals surface area (Å²) < 4.78 is 13.9. The summed E-state index contributed by atoms with van der Waals surface area (Å²) in [5.74, 6) is 3.11. The molecule has 0 saturated carbocycles. The molecule has 0 amide bonds. The van der Waals surface area contributed by atoms with Crippen molar-refractivity contribution in [1.29, 1.82) is 0 Å². The van der Waals surface area contributed by atoms with Crippen LogP contribution < -0.4 is 0 Å². The van der Waals surface area contributed by atoms with Crippen LogP contribution in [0.4, 0.5) is 0 Å². The van der Waals surface area contributed by atoms with Crippen LogP contribution in [-0.2, 0) is 4.57 Å². The molecule has 0 bridgehead atoms. The van der Waals surface area contributed by atoms with Gasteiger partial charge in [-0.25, -0.2) is 0 Å². The van der Waals surface area contributed by atoms with Crippen LogP contribution in [0.15, 0.2) is 0 Å². The van der Waals surface area contributed by atoms with Crippen molar-refractivity contribution in [2.45, 2.75) is 12.8 Å². The molecule has 0 atom stereocenters. The van der Waals surface area contributed by atoms with Gasteiger partial charge in [0.2, 0.25) is 0 Å². The Hall–Kier alpha value is -0.250. The molecule has 1 saturated heterocycles. The third-order valence-corrected chi connectivity index (χ3v) is 5.99. The minimum atomic E-state index is -2.00. The summed E-state index contributed by atoms with van der Waals surface area (Å²) in [6, 6.07) is 0. The first-order chi connectivity index (χ1) is 5.58. The molecule has 68 valence electrons. The van der Waals surface area contributed by atoms with Crippen LogP contribution in [0, 0.1) is 18.3 Å². The molecule has 1 fully saturated rings. The lowest BCUT2D eigenvalue weighted by atomic mass is 10.1. The number of hydrogen-bond acceptors (Lipinski definition) is 1. The number of hydrogen-bond donors (Lipinski definition) is 0. The predicted octanol–water partition coefficient (Wildman–Crippen LogP) is 1.87. The molecule has 0 aromatic rings. The lowest BCUT2D eigenvalue weighted by Crippen LogP contribution is -2.21. The minimum Gasteiger partial charge on any atom is -0.307 e. The fraction of sp³-hybridized carbons (Fsp3) is 0.778. The van der Waals surface area contributed by atoms with Crippen LogP contribution >= 0.6 is 7.29 Å². The van der Waals surface area contributed by atoms with Crippen LogP contribution in [-0.4, -0.2) is 31.1 Å². The van der Waals surface area contributed by atoms with E-state index in [-0.39, 0.29) is 0 Å². The minimum absolute atomic E-state index is 0.368. The van der Waals surface area contributed by atoms with Crippen molar-refractivity contribution in [2.75, 3.05) is 26.4 Å². The van der Waals surface area contributed by atoms with E-state index in [1.807, 2.05) is 18.8 Å². The zero-order valence-electron chi connectivity index (χ0n) is 7.79. The number of nitrogens with zero attached hydrogens (tertiary/aromatic N) is 1. The molecular weight excluding hydrogens is 169 g/mol. The van der Waals surface area contributed by atoms with E-state index in [4.69, 9.17) is 6.42 Å². The molecule has 1 rings (SSSR count).